The number of nitrogen functional groups attached to an aromatic ring is 1. The number of halogens is 2. The van der Waals surface area contributed by atoms with Gasteiger partial charge in [0.2, 0.25) is 0 Å². The average molecular weight is 660 g/mol. The Bertz CT molecular complexity index is 1130. The van der Waals surface area contributed by atoms with E-state index in [1.54, 1.807) is 40.0 Å². The van der Waals surface area contributed by atoms with Crippen molar-refractivity contribution >= 4 is 55.4 Å². The first-order chi connectivity index (χ1) is 17.3. The Labute approximate surface area is 240 Å². The Balaban J connectivity index is 0.000000382. The topological polar surface area (TPSA) is 128 Å². The molecule has 0 aliphatic carbocycles. The number of hydrogen-bond donors (Lipinski definition) is 1. The van der Waals surface area contributed by atoms with Crippen molar-refractivity contribution < 1.29 is 24.0 Å². The lowest BCUT2D eigenvalue weighted by molar-refractivity contribution is -0.385. The number of nitro benzene ring substituents is 1. The molecule has 0 atom stereocenters. The van der Waals surface area contributed by atoms with Gasteiger partial charge in [-0.1, -0.05) is 44.0 Å². The molecule has 0 aromatic heterocycles. The Hall–Kier alpha value is -2.86. The highest BCUT2D eigenvalue weighted by atomic mass is 79.9. The average Bonchev–Trinajstić information content (AvgIpc) is 2.75. The number of rotatable bonds is 5. The van der Waals surface area contributed by atoms with Crippen LogP contribution in [-0.4, -0.2) is 52.2 Å². The molecule has 2 N–H and O–H groups in total. The Kier molecular flexibility index (Phi) is 12.0. The molecule has 2 aromatic rings. The number of hydrogen-bond acceptors (Lipinski definition) is 7. The standard InChI is InChI=1S/C13H17BrN2O4.C13H19BrN2O2/c1-13(2,3)20-12(17)15(4)8-9-10(14)6-5-7-11(9)16(18)19;1-13(2,3)18-12(17)16(4)8-9-10(14)6-5-7-11(9)15/h5-7H,8H2,1-4H3;5-7H,8,15H2,1-4H3. The number of nitro groups is 1. The lowest BCUT2D eigenvalue weighted by Crippen LogP contribution is -2.34. The maximum absolute atomic E-state index is 11.9. The summed E-state index contributed by atoms with van der Waals surface area (Å²) in [4.78, 5) is 37.0. The summed E-state index contributed by atoms with van der Waals surface area (Å²) in [5.74, 6) is 0. The summed E-state index contributed by atoms with van der Waals surface area (Å²) in [5.41, 5.74) is 6.72. The highest BCUT2D eigenvalue weighted by molar-refractivity contribution is 9.10. The molecular formula is C26H36Br2N4O6. The SMILES string of the molecule is CN(Cc1c(Br)cccc1[N+](=O)[O-])C(=O)OC(C)(C)C.CN(Cc1c(N)cccc1Br)C(=O)OC(C)(C)C. The highest BCUT2D eigenvalue weighted by Crippen LogP contribution is 2.28. The molecule has 0 saturated heterocycles. The quantitative estimate of drug-likeness (QED) is 0.206. The fourth-order valence-electron chi connectivity index (χ4n) is 2.90. The molecule has 0 fully saturated rings. The van der Waals surface area contributed by atoms with E-state index in [2.05, 4.69) is 31.9 Å². The van der Waals surface area contributed by atoms with Crippen LogP contribution >= 0.6 is 31.9 Å². The second kappa shape index (κ2) is 13.8. The molecule has 12 heteroatoms. The van der Waals surface area contributed by atoms with E-state index in [4.69, 9.17) is 15.2 Å². The Morgan fingerprint density at radius 2 is 1.24 bits per heavy atom. The number of nitrogens with zero attached hydrogens (tertiary/aromatic N) is 3. The van der Waals surface area contributed by atoms with Crippen molar-refractivity contribution in [2.24, 2.45) is 0 Å². The van der Waals surface area contributed by atoms with E-state index < -0.39 is 22.2 Å². The molecule has 0 saturated carbocycles. The van der Waals surface area contributed by atoms with Crippen molar-refractivity contribution in [1.82, 2.24) is 9.80 Å². The van der Waals surface area contributed by atoms with E-state index >= 15 is 0 Å². The summed E-state index contributed by atoms with van der Waals surface area (Å²) in [6.45, 7) is 11.3. The van der Waals surface area contributed by atoms with Gasteiger partial charge in [-0.15, -0.1) is 0 Å². The number of anilines is 1. The number of nitrogens with two attached hydrogens (primary N) is 1. The molecule has 0 radical (unpaired) electrons. The van der Waals surface area contributed by atoms with Gasteiger partial charge in [-0.2, -0.15) is 0 Å². The molecule has 0 heterocycles. The second-order valence-corrected chi connectivity index (χ2v) is 12.2. The molecule has 2 rings (SSSR count). The normalized spacial score (nSPS) is 11.1. The van der Waals surface area contributed by atoms with Gasteiger partial charge in [0.05, 0.1) is 23.6 Å². The van der Waals surface area contributed by atoms with E-state index in [0.717, 1.165) is 10.0 Å². The van der Waals surface area contributed by atoms with E-state index in [1.165, 1.54) is 22.9 Å². The number of carbonyl (C=O) groups excluding carboxylic acids is 2. The van der Waals surface area contributed by atoms with Gasteiger partial charge in [0.15, 0.2) is 0 Å². The minimum atomic E-state index is -0.606. The van der Waals surface area contributed by atoms with Crippen LogP contribution in [0.1, 0.15) is 52.7 Å². The maximum atomic E-state index is 11.9. The van der Waals surface area contributed by atoms with Crippen LogP contribution < -0.4 is 5.73 Å². The van der Waals surface area contributed by atoms with Crippen LogP contribution in [0, 0.1) is 10.1 Å². The molecule has 0 aliphatic heterocycles. The van der Waals surface area contributed by atoms with Gasteiger partial charge in [0.1, 0.15) is 11.2 Å². The molecule has 0 bridgehead atoms. The fraction of sp³-hybridized carbons (Fsp3) is 0.462. The van der Waals surface area contributed by atoms with E-state index in [1.807, 2.05) is 39.0 Å². The van der Waals surface area contributed by atoms with Gasteiger partial charge in [-0.05, 0) is 59.7 Å². The predicted molar refractivity (Wildman–Crippen MR) is 155 cm³/mol. The van der Waals surface area contributed by atoms with Crippen LogP contribution in [0.15, 0.2) is 45.3 Å². The smallest absolute Gasteiger partial charge is 0.410 e. The van der Waals surface area contributed by atoms with Crippen molar-refractivity contribution in [2.45, 2.75) is 65.8 Å². The summed E-state index contributed by atoms with van der Waals surface area (Å²) >= 11 is 6.70. The van der Waals surface area contributed by atoms with Gasteiger partial charge < -0.3 is 25.0 Å². The minimum Gasteiger partial charge on any atom is -0.444 e. The predicted octanol–water partition coefficient (Wildman–Crippen LogP) is 7.12. The third-order valence-corrected chi connectivity index (χ3v) is 6.13. The lowest BCUT2D eigenvalue weighted by Gasteiger charge is -2.25. The molecule has 0 unspecified atom stereocenters. The number of ether oxygens (including phenoxy) is 2. The van der Waals surface area contributed by atoms with Gasteiger partial charge in [-0.25, -0.2) is 9.59 Å². The molecule has 210 valence electrons. The number of amides is 2. The summed E-state index contributed by atoms with van der Waals surface area (Å²) in [7, 11) is 3.23. The monoisotopic (exact) mass is 658 g/mol. The van der Waals surface area contributed by atoms with E-state index in [-0.39, 0.29) is 18.3 Å². The van der Waals surface area contributed by atoms with Gasteiger partial charge >= 0.3 is 12.2 Å². The minimum absolute atomic E-state index is 0.0326. The maximum Gasteiger partial charge on any atom is 0.410 e. The zero-order valence-corrected chi connectivity index (χ0v) is 26.2. The third-order valence-electron chi connectivity index (χ3n) is 4.65. The summed E-state index contributed by atoms with van der Waals surface area (Å²) in [5, 5.41) is 11.0. The zero-order chi connectivity index (χ0) is 29.4. The summed E-state index contributed by atoms with van der Waals surface area (Å²) in [6, 6.07) is 10.3. The van der Waals surface area contributed by atoms with Crippen LogP contribution in [0.25, 0.3) is 0 Å². The zero-order valence-electron chi connectivity index (χ0n) is 23.0. The molecular weight excluding hydrogens is 624 g/mol. The summed E-state index contributed by atoms with van der Waals surface area (Å²) in [6.07, 6.45) is -0.889. The van der Waals surface area contributed by atoms with Crippen LogP contribution in [0.5, 0.6) is 0 Å². The molecule has 10 nitrogen and oxygen atoms in total. The molecule has 2 aromatic carbocycles. The second-order valence-electron chi connectivity index (χ2n) is 10.5. The van der Waals surface area contributed by atoms with Crippen molar-refractivity contribution in [3.63, 3.8) is 0 Å². The van der Waals surface area contributed by atoms with Crippen LogP contribution in [0.2, 0.25) is 0 Å². The lowest BCUT2D eigenvalue weighted by atomic mass is 10.1. The van der Waals surface area contributed by atoms with Crippen molar-refractivity contribution in [3.05, 3.63) is 66.6 Å². The summed E-state index contributed by atoms with van der Waals surface area (Å²) < 4.78 is 12.0. The molecule has 0 aliphatic rings. The first-order valence-electron chi connectivity index (χ1n) is 11.6. The molecule has 38 heavy (non-hydrogen) atoms. The molecule has 0 spiro atoms. The number of carbonyl (C=O) groups is 2. The molecule has 2 amide bonds. The van der Waals surface area contributed by atoms with Crippen LogP contribution in [0.4, 0.5) is 21.0 Å². The fourth-order valence-corrected chi connectivity index (χ4v) is 3.89. The number of benzene rings is 2. The van der Waals surface area contributed by atoms with Crippen molar-refractivity contribution in [1.29, 1.82) is 0 Å². The van der Waals surface area contributed by atoms with E-state index in [9.17, 15) is 19.7 Å². The van der Waals surface area contributed by atoms with Crippen LogP contribution in [0.3, 0.4) is 0 Å². The van der Waals surface area contributed by atoms with Crippen LogP contribution in [-0.2, 0) is 22.6 Å². The largest absolute Gasteiger partial charge is 0.444 e. The Morgan fingerprint density at radius 1 is 0.842 bits per heavy atom. The van der Waals surface area contributed by atoms with Gasteiger partial charge in [0.25, 0.3) is 5.69 Å². The third kappa shape index (κ3) is 11.3. The first kappa shape index (κ1) is 33.2. The first-order valence-corrected chi connectivity index (χ1v) is 13.2. The van der Waals surface area contributed by atoms with Gasteiger partial charge in [-0.3, -0.25) is 10.1 Å². The van der Waals surface area contributed by atoms with Crippen molar-refractivity contribution in [2.75, 3.05) is 19.8 Å². The van der Waals surface area contributed by atoms with Crippen molar-refractivity contribution in [3.8, 4) is 0 Å². The Morgan fingerprint density at radius 3 is 1.63 bits per heavy atom. The highest BCUT2D eigenvalue weighted by Gasteiger charge is 2.24. The van der Waals surface area contributed by atoms with Gasteiger partial charge in [0, 0.05) is 40.4 Å². The van der Waals surface area contributed by atoms with E-state index in [0.29, 0.717) is 22.3 Å².